The number of rotatable bonds is 1. The van der Waals surface area contributed by atoms with Gasteiger partial charge in [-0.15, -0.1) is 0 Å². The lowest BCUT2D eigenvalue weighted by atomic mass is 10.3. The maximum atomic E-state index is 11.0. The Morgan fingerprint density at radius 1 is 1.58 bits per heavy atom. The van der Waals surface area contributed by atoms with E-state index in [-0.39, 0.29) is 0 Å². The molecule has 0 fully saturated rings. The second kappa shape index (κ2) is 3.67. The number of carbonyl (C=O) groups is 1. The number of esters is 1. The highest BCUT2D eigenvalue weighted by molar-refractivity contribution is 9.10. The SMILES string of the molecule is COC(=O)c1ccc(Br)c(C)n1. The van der Waals surface area contributed by atoms with Crippen molar-refractivity contribution in [2.45, 2.75) is 6.92 Å². The van der Waals surface area contributed by atoms with E-state index >= 15 is 0 Å². The molecule has 1 heterocycles. The monoisotopic (exact) mass is 229 g/mol. The molecule has 1 aromatic rings. The van der Waals surface area contributed by atoms with Crippen molar-refractivity contribution in [2.24, 2.45) is 0 Å². The number of ether oxygens (including phenoxy) is 1. The van der Waals surface area contributed by atoms with Crippen LogP contribution in [0.4, 0.5) is 0 Å². The van der Waals surface area contributed by atoms with Crippen LogP contribution >= 0.6 is 15.9 Å². The highest BCUT2D eigenvalue weighted by Gasteiger charge is 2.07. The van der Waals surface area contributed by atoms with Crippen molar-refractivity contribution in [2.75, 3.05) is 7.11 Å². The van der Waals surface area contributed by atoms with Gasteiger partial charge in [0.2, 0.25) is 0 Å². The number of pyridine rings is 1. The first-order valence-corrected chi connectivity index (χ1v) is 4.16. The molecular weight excluding hydrogens is 222 g/mol. The molecule has 0 bridgehead atoms. The number of hydrogen-bond donors (Lipinski definition) is 0. The average Bonchev–Trinajstić information content (AvgIpc) is 2.08. The third kappa shape index (κ3) is 1.82. The topological polar surface area (TPSA) is 39.2 Å². The Hall–Kier alpha value is -0.900. The van der Waals surface area contributed by atoms with Crippen molar-refractivity contribution in [1.82, 2.24) is 4.98 Å². The van der Waals surface area contributed by atoms with Gasteiger partial charge in [-0.2, -0.15) is 0 Å². The highest BCUT2D eigenvalue weighted by Crippen LogP contribution is 2.13. The minimum Gasteiger partial charge on any atom is -0.464 e. The predicted octanol–water partition coefficient (Wildman–Crippen LogP) is 1.94. The number of carbonyl (C=O) groups excluding carboxylic acids is 1. The Morgan fingerprint density at radius 3 is 2.75 bits per heavy atom. The minimum atomic E-state index is -0.411. The standard InChI is InChI=1S/C8H8BrNO2/c1-5-6(9)3-4-7(10-5)8(11)12-2/h3-4H,1-2H3. The third-order valence-electron chi connectivity index (χ3n) is 1.42. The zero-order chi connectivity index (χ0) is 9.14. The van der Waals surface area contributed by atoms with E-state index in [2.05, 4.69) is 25.7 Å². The van der Waals surface area contributed by atoms with Crippen LogP contribution in [0.1, 0.15) is 16.2 Å². The van der Waals surface area contributed by atoms with Crippen LogP contribution in [-0.4, -0.2) is 18.1 Å². The van der Waals surface area contributed by atoms with Crippen molar-refractivity contribution in [3.63, 3.8) is 0 Å². The minimum absolute atomic E-state index is 0.332. The summed E-state index contributed by atoms with van der Waals surface area (Å²) < 4.78 is 5.40. The molecule has 0 saturated heterocycles. The molecule has 0 aromatic carbocycles. The largest absolute Gasteiger partial charge is 0.464 e. The summed E-state index contributed by atoms with van der Waals surface area (Å²) in [5, 5.41) is 0. The van der Waals surface area contributed by atoms with Crippen molar-refractivity contribution >= 4 is 21.9 Å². The summed E-state index contributed by atoms with van der Waals surface area (Å²) in [6, 6.07) is 3.39. The fraction of sp³-hybridized carbons (Fsp3) is 0.250. The van der Waals surface area contributed by atoms with Crippen LogP contribution in [-0.2, 0) is 4.74 Å². The number of aromatic nitrogens is 1. The van der Waals surface area contributed by atoms with Crippen LogP contribution in [0, 0.1) is 6.92 Å². The average molecular weight is 230 g/mol. The van der Waals surface area contributed by atoms with Crippen LogP contribution in [0.5, 0.6) is 0 Å². The van der Waals surface area contributed by atoms with Crippen LogP contribution in [0.2, 0.25) is 0 Å². The van der Waals surface area contributed by atoms with Crippen LogP contribution in [0.15, 0.2) is 16.6 Å². The Balaban J connectivity index is 3.05. The van der Waals surface area contributed by atoms with Crippen molar-refractivity contribution in [1.29, 1.82) is 0 Å². The Morgan fingerprint density at radius 2 is 2.25 bits per heavy atom. The summed E-state index contributed by atoms with van der Waals surface area (Å²) in [5.74, 6) is -0.411. The summed E-state index contributed by atoms with van der Waals surface area (Å²) in [7, 11) is 1.33. The zero-order valence-electron chi connectivity index (χ0n) is 6.80. The Bertz CT molecular complexity index is 312. The van der Waals surface area contributed by atoms with Crippen LogP contribution in [0.3, 0.4) is 0 Å². The van der Waals surface area contributed by atoms with E-state index in [1.54, 1.807) is 12.1 Å². The molecule has 0 atom stereocenters. The van der Waals surface area contributed by atoms with Crippen LogP contribution in [0.25, 0.3) is 0 Å². The van der Waals surface area contributed by atoms with Crippen molar-refractivity contribution in [3.05, 3.63) is 28.0 Å². The third-order valence-corrected chi connectivity index (χ3v) is 2.25. The van der Waals surface area contributed by atoms with Gasteiger partial charge in [0.15, 0.2) is 0 Å². The fourth-order valence-corrected chi connectivity index (χ4v) is 0.983. The highest BCUT2D eigenvalue weighted by atomic mass is 79.9. The first kappa shape index (κ1) is 9.19. The van der Waals surface area contributed by atoms with E-state index in [4.69, 9.17) is 0 Å². The van der Waals surface area contributed by atoms with Crippen molar-refractivity contribution in [3.8, 4) is 0 Å². The van der Waals surface area contributed by atoms with Gasteiger partial charge in [-0.25, -0.2) is 9.78 Å². The van der Waals surface area contributed by atoms with E-state index in [1.165, 1.54) is 7.11 Å². The molecule has 1 aromatic heterocycles. The number of nitrogens with zero attached hydrogens (tertiary/aromatic N) is 1. The molecule has 0 amide bonds. The van der Waals surface area contributed by atoms with Crippen LogP contribution < -0.4 is 0 Å². The van der Waals surface area contributed by atoms with Gasteiger partial charge in [0, 0.05) is 4.47 Å². The second-order valence-corrected chi connectivity index (χ2v) is 3.11. The number of methoxy groups -OCH3 is 1. The van der Waals surface area contributed by atoms with Gasteiger partial charge in [0.05, 0.1) is 12.8 Å². The maximum Gasteiger partial charge on any atom is 0.356 e. The molecule has 64 valence electrons. The molecule has 1 rings (SSSR count). The van der Waals surface area contributed by atoms with E-state index in [9.17, 15) is 4.79 Å². The van der Waals surface area contributed by atoms with E-state index in [0.29, 0.717) is 5.69 Å². The maximum absolute atomic E-state index is 11.0. The second-order valence-electron chi connectivity index (χ2n) is 2.26. The number of halogens is 1. The summed E-state index contributed by atoms with van der Waals surface area (Å²) in [5.41, 5.74) is 1.11. The number of aryl methyl sites for hydroxylation is 1. The van der Waals surface area contributed by atoms with Gasteiger partial charge in [-0.05, 0) is 35.0 Å². The Labute approximate surface area is 78.9 Å². The van der Waals surface area contributed by atoms with Gasteiger partial charge >= 0.3 is 5.97 Å². The molecule has 0 aliphatic rings. The molecule has 4 heteroatoms. The first-order valence-electron chi connectivity index (χ1n) is 3.36. The van der Waals surface area contributed by atoms with E-state index in [0.717, 1.165) is 10.2 Å². The van der Waals surface area contributed by atoms with Gasteiger partial charge in [0.1, 0.15) is 5.69 Å². The summed E-state index contributed by atoms with van der Waals surface area (Å²) >= 11 is 3.29. The van der Waals surface area contributed by atoms with Gasteiger partial charge in [0.25, 0.3) is 0 Å². The molecule has 3 nitrogen and oxygen atoms in total. The molecule has 12 heavy (non-hydrogen) atoms. The van der Waals surface area contributed by atoms with Gasteiger partial charge in [-0.1, -0.05) is 0 Å². The lowest BCUT2D eigenvalue weighted by Gasteiger charge is -2.00. The fourth-order valence-electron chi connectivity index (χ4n) is 0.762. The molecule has 0 N–H and O–H groups in total. The van der Waals surface area contributed by atoms with Gasteiger partial charge in [-0.3, -0.25) is 0 Å². The van der Waals surface area contributed by atoms with Gasteiger partial charge < -0.3 is 4.74 Å². The molecule has 0 aliphatic carbocycles. The summed E-state index contributed by atoms with van der Waals surface area (Å²) in [4.78, 5) is 15.0. The lowest BCUT2D eigenvalue weighted by Crippen LogP contribution is -2.04. The molecule has 0 spiro atoms. The van der Waals surface area contributed by atoms with Crippen molar-refractivity contribution < 1.29 is 9.53 Å². The number of hydrogen-bond acceptors (Lipinski definition) is 3. The smallest absolute Gasteiger partial charge is 0.356 e. The molecule has 0 radical (unpaired) electrons. The predicted molar refractivity (Wildman–Crippen MR) is 48.0 cm³/mol. The molecule has 0 aliphatic heterocycles. The first-order chi connectivity index (χ1) is 5.65. The summed E-state index contributed by atoms with van der Waals surface area (Å²) in [6.45, 7) is 1.82. The zero-order valence-corrected chi connectivity index (χ0v) is 8.38. The Kier molecular flexibility index (Phi) is 2.81. The molecular formula is C8H8BrNO2. The van der Waals surface area contributed by atoms with E-state index in [1.807, 2.05) is 6.92 Å². The normalized spacial score (nSPS) is 9.58. The molecule has 0 saturated carbocycles. The summed E-state index contributed by atoms with van der Waals surface area (Å²) in [6.07, 6.45) is 0. The lowest BCUT2D eigenvalue weighted by molar-refractivity contribution is 0.0594. The quantitative estimate of drug-likeness (QED) is 0.692. The van der Waals surface area contributed by atoms with E-state index < -0.39 is 5.97 Å². The molecule has 0 unspecified atom stereocenters.